The van der Waals surface area contributed by atoms with Crippen molar-refractivity contribution in [2.45, 2.75) is 51.1 Å². The Hall–Kier alpha value is -3.55. The predicted molar refractivity (Wildman–Crippen MR) is 136 cm³/mol. The van der Waals surface area contributed by atoms with Crippen molar-refractivity contribution in [1.82, 2.24) is 15.0 Å². The molecule has 0 spiro atoms. The molecule has 4 rings (SSSR count). The highest BCUT2D eigenvalue weighted by atomic mass is 16.5. The lowest BCUT2D eigenvalue weighted by Crippen LogP contribution is -2.24. The van der Waals surface area contributed by atoms with Crippen molar-refractivity contribution in [3.8, 4) is 11.5 Å². The zero-order valence-electron chi connectivity index (χ0n) is 20.0. The molecule has 1 aliphatic rings. The fourth-order valence-electron chi connectivity index (χ4n) is 4.06. The Morgan fingerprint density at radius 3 is 1.88 bits per heavy atom. The summed E-state index contributed by atoms with van der Waals surface area (Å²) in [6.07, 6.45) is 6.97. The third-order valence-corrected chi connectivity index (χ3v) is 6.04. The van der Waals surface area contributed by atoms with Crippen molar-refractivity contribution in [1.29, 1.82) is 0 Å². The van der Waals surface area contributed by atoms with Gasteiger partial charge in [0.2, 0.25) is 17.8 Å². The number of nitrogens with zero attached hydrogens (tertiary/aromatic N) is 3. The topological polar surface area (TPSA) is 93.2 Å². The first kappa shape index (κ1) is 23.6. The second-order valence-corrected chi connectivity index (χ2v) is 8.51. The van der Waals surface area contributed by atoms with Gasteiger partial charge in [0.25, 0.3) is 0 Å². The summed E-state index contributed by atoms with van der Waals surface area (Å²) in [5, 5.41) is 10.2. The van der Waals surface area contributed by atoms with Crippen LogP contribution in [-0.4, -0.2) is 41.8 Å². The summed E-state index contributed by atoms with van der Waals surface area (Å²) in [7, 11) is 3.35. The normalized spacial score (nSPS) is 13.8. The van der Waals surface area contributed by atoms with E-state index in [1.54, 1.807) is 14.2 Å². The van der Waals surface area contributed by atoms with Crippen LogP contribution in [0.1, 0.15) is 43.2 Å². The molecule has 0 bridgehead atoms. The first-order chi connectivity index (χ1) is 16.7. The lowest BCUT2D eigenvalue weighted by atomic mass is 9.96. The van der Waals surface area contributed by atoms with Crippen LogP contribution in [0, 0.1) is 0 Å². The molecule has 8 nitrogen and oxygen atoms in total. The van der Waals surface area contributed by atoms with E-state index in [2.05, 4.69) is 43.0 Å². The van der Waals surface area contributed by atoms with Crippen molar-refractivity contribution >= 4 is 17.8 Å². The third kappa shape index (κ3) is 6.97. The zero-order valence-corrected chi connectivity index (χ0v) is 20.0. The maximum atomic E-state index is 5.24. The fourth-order valence-corrected chi connectivity index (χ4v) is 4.06. The van der Waals surface area contributed by atoms with Crippen LogP contribution >= 0.6 is 0 Å². The van der Waals surface area contributed by atoms with Gasteiger partial charge in [-0.05, 0) is 54.7 Å². The van der Waals surface area contributed by atoms with Crippen molar-refractivity contribution < 1.29 is 9.47 Å². The van der Waals surface area contributed by atoms with E-state index in [0.29, 0.717) is 30.4 Å². The molecule has 0 unspecified atom stereocenters. The van der Waals surface area contributed by atoms with E-state index >= 15 is 0 Å². The van der Waals surface area contributed by atoms with Gasteiger partial charge in [0.15, 0.2) is 0 Å². The van der Waals surface area contributed by atoms with Gasteiger partial charge < -0.3 is 25.4 Å². The van der Waals surface area contributed by atoms with E-state index in [-0.39, 0.29) is 0 Å². The summed E-state index contributed by atoms with van der Waals surface area (Å²) in [4.78, 5) is 13.9. The number of anilines is 3. The molecule has 1 fully saturated rings. The lowest BCUT2D eigenvalue weighted by Gasteiger charge is -2.23. The summed E-state index contributed by atoms with van der Waals surface area (Å²) in [5.74, 6) is 3.44. The highest BCUT2D eigenvalue weighted by molar-refractivity contribution is 5.43. The summed E-state index contributed by atoms with van der Waals surface area (Å²) in [6.45, 7) is 1.33. The molecule has 34 heavy (non-hydrogen) atoms. The minimum Gasteiger partial charge on any atom is -0.497 e. The van der Waals surface area contributed by atoms with Crippen LogP contribution in [0.15, 0.2) is 48.5 Å². The van der Waals surface area contributed by atoms with Crippen LogP contribution in [0.3, 0.4) is 0 Å². The number of hydrogen-bond donors (Lipinski definition) is 3. The summed E-state index contributed by atoms with van der Waals surface area (Å²) in [6, 6.07) is 16.5. The molecule has 2 aromatic carbocycles. The molecule has 180 valence electrons. The second-order valence-electron chi connectivity index (χ2n) is 8.51. The molecular formula is C26H34N6O2. The van der Waals surface area contributed by atoms with E-state index in [4.69, 9.17) is 9.47 Å². The largest absolute Gasteiger partial charge is 0.497 e. The van der Waals surface area contributed by atoms with E-state index in [1.807, 2.05) is 36.4 Å². The zero-order chi connectivity index (χ0) is 23.6. The van der Waals surface area contributed by atoms with Gasteiger partial charge in [0.05, 0.1) is 14.2 Å². The maximum Gasteiger partial charge on any atom is 0.229 e. The Balaban J connectivity index is 1.41. The third-order valence-electron chi connectivity index (χ3n) is 6.04. The number of nitrogens with one attached hydrogen (secondary N) is 3. The van der Waals surface area contributed by atoms with Crippen molar-refractivity contribution in [2.24, 2.45) is 0 Å². The van der Waals surface area contributed by atoms with Gasteiger partial charge in [0, 0.05) is 19.1 Å². The van der Waals surface area contributed by atoms with Crippen LogP contribution in [0.5, 0.6) is 11.5 Å². The van der Waals surface area contributed by atoms with Crippen LogP contribution in [0.4, 0.5) is 17.8 Å². The number of methoxy groups -OCH3 is 2. The number of hydrogen-bond acceptors (Lipinski definition) is 8. The smallest absolute Gasteiger partial charge is 0.229 e. The van der Waals surface area contributed by atoms with E-state index < -0.39 is 0 Å². The molecule has 0 amide bonds. The minimum atomic E-state index is 0.415. The Bertz CT molecular complexity index is 1020. The van der Waals surface area contributed by atoms with Crippen LogP contribution < -0.4 is 25.4 Å². The number of ether oxygens (including phenoxy) is 2. The number of benzene rings is 2. The van der Waals surface area contributed by atoms with Gasteiger partial charge in [-0.25, -0.2) is 0 Å². The fraction of sp³-hybridized carbons (Fsp3) is 0.423. The quantitative estimate of drug-likeness (QED) is 0.371. The molecule has 8 heteroatoms. The molecule has 0 saturated heterocycles. The number of aromatic nitrogens is 3. The Kier molecular flexibility index (Phi) is 8.38. The standard InChI is InChI=1S/C26H34N6O2/c1-33-22-12-8-19(9-13-22)16-17-27-24-30-25(28-18-20-10-14-23(34-2)15-11-20)32-26(31-24)29-21-6-4-3-5-7-21/h8-15,21H,3-7,16-18H2,1-2H3,(H3,27,28,29,30,31,32). The van der Waals surface area contributed by atoms with Gasteiger partial charge in [-0.1, -0.05) is 43.5 Å². The van der Waals surface area contributed by atoms with Gasteiger partial charge in [-0.3, -0.25) is 0 Å². The molecule has 1 heterocycles. The molecule has 1 aromatic heterocycles. The number of rotatable bonds is 11. The average Bonchev–Trinajstić information content (AvgIpc) is 2.89. The van der Waals surface area contributed by atoms with Crippen LogP contribution in [0.2, 0.25) is 0 Å². The molecule has 1 saturated carbocycles. The van der Waals surface area contributed by atoms with Crippen molar-refractivity contribution in [3.05, 3.63) is 59.7 Å². The van der Waals surface area contributed by atoms with Crippen LogP contribution in [-0.2, 0) is 13.0 Å². The highest BCUT2D eigenvalue weighted by Crippen LogP contribution is 2.21. The summed E-state index contributed by atoms with van der Waals surface area (Å²) >= 11 is 0. The summed E-state index contributed by atoms with van der Waals surface area (Å²) < 4.78 is 10.5. The predicted octanol–water partition coefficient (Wildman–Crippen LogP) is 4.90. The monoisotopic (exact) mass is 462 g/mol. The maximum absolute atomic E-state index is 5.24. The SMILES string of the molecule is COc1ccc(CCNc2nc(NCc3ccc(OC)cc3)nc(NC3CCCCC3)n2)cc1. The first-order valence-electron chi connectivity index (χ1n) is 12.0. The molecular weight excluding hydrogens is 428 g/mol. The van der Waals surface area contributed by atoms with Gasteiger partial charge >= 0.3 is 0 Å². The van der Waals surface area contributed by atoms with Gasteiger partial charge in [0.1, 0.15) is 11.5 Å². The molecule has 3 N–H and O–H groups in total. The lowest BCUT2D eigenvalue weighted by molar-refractivity contribution is 0.414. The highest BCUT2D eigenvalue weighted by Gasteiger charge is 2.15. The van der Waals surface area contributed by atoms with E-state index in [1.165, 1.54) is 24.8 Å². The van der Waals surface area contributed by atoms with Crippen molar-refractivity contribution in [3.63, 3.8) is 0 Å². The second kappa shape index (κ2) is 12.1. The molecule has 0 aliphatic heterocycles. The average molecular weight is 463 g/mol. The molecule has 0 atom stereocenters. The summed E-state index contributed by atoms with van der Waals surface area (Å²) in [5.41, 5.74) is 2.35. The molecule has 3 aromatic rings. The molecule has 0 radical (unpaired) electrons. The van der Waals surface area contributed by atoms with Gasteiger partial charge in [-0.2, -0.15) is 15.0 Å². The Morgan fingerprint density at radius 2 is 1.26 bits per heavy atom. The van der Waals surface area contributed by atoms with Crippen molar-refractivity contribution in [2.75, 3.05) is 36.7 Å². The van der Waals surface area contributed by atoms with E-state index in [0.717, 1.165) is 42.9 Å². The Labute approximate surface area is 201 Å². The molecule has 1 aliphatic carbocycles. The van der Waals surface area contributed by atoms with E-state index in [9.17, 15) is 0 Å². The van der Waals surface area contributed by atoms with Crippen LogP contribution in [0.25, 0.3) is 0 Å². The van der Waals surface area contributed by atoms with Gasteiger partial charge in [-0.15, -0.1) is 0 Å². The Morgan fingerprint density at radius 1 is 0.706 bits per heavy atom. The first-order valence-corrected chi connectivity index (χ1v) is 12.0. The minimum absolute atomic E-state index is 0.415.